The van der Waals surface area contributed by atoms with Gasteiger partial charge in [0.2, 0.25) is 0 Å². The van der Waals surface area contributed by atoms with Gasteiger partial charge in [0.05, 0.1) is 25.4 Å². The molecule has 0 bridgehead atoms. The summed E-state index contributed by atoms with van der Waals surface area (Å²) >= 11 is 0. The van der Waals surface area contributed by atoms with Gasteiger partial charge in [0.15, 0.2) is 0 Å². The summed E-state index contributed by atoms with van der Waals surface area (Å²) in [4.78, 5) is 0. The van der Waals surface area contributed by atoms with Crippen molar-refractivity contribution in [3.63, 3.8) is 0 Å². The zero-order chi connectivity index (χ0) is 13.2. The van der Waals surface area contributed by atoms with Gasteiger partial charge in [-0.25, -0.2) is 0 Å². The Morgan fingerprint density at radius 3 is 2.35 bits per heavy atom. The average Bonchev–Trinajstić information content (AvgIpc) is 2.18. The van der Waals surface area contributed by atoms with E-state index < -0.39 is 11.3 Å². The van der Waals surface area contributed by atoms with Gasteiger partial charge < -0.3 is 20.3 Å². The minimum atomic E-state index is -0.988. The quantitative estimate of drug-likeness (QED) is 0.507. The number of aliphatic hydroxyl groups excluding tert-OH is 1. The maximum atomic E-state index is 10.6. The van der Waals surface area contributed by atoms with E-state index in [2.05, 4.69) is 24.5 Å². The Balaban J connectivity index is 2.56. The van der Waals surface area contributed by atoms with Crippen molar-refractivity contribution in [2.75, 3.05) is 26.4 Å². The molecule has 1 fully saturated rings. The van der Waals surface area contributed by atoms with E-state index in [0.29, 0.717) is 26.2 Å². The van der Waals surface area contributed by atoms with Gasteiger partial charge >= 0.3 is 0 Å². The zero-order valence-electron chi connectivity index (χ0n) is 11.3. The maximum absolute atomic E-state index is 10.6. The number of nitrogens with one attached hydrogen (secondary N) is 2. The van der Waals surface area contributed by atoms with Crippen LogP contribution in [0, 0.1) is 0 Å². The summed E-state index contributed by atoms with van der Waals surface area (Å²) < 4.78 is 5.22. The summed E-state index contributed by atoms with van der Waals surface area (Å²) in [7, 11) is 0. The first kappa shape index (κ1) is 14.9. The van der Waals surface area contributed by atoms with Crippen LogP contribution >= 0.6 is 0 Å². The van der Waals surface area contributed by atoms with E-state index in [1.165, 1.54) is 0 Å². The van der Waals surface area contributed by atoms with Crippen LogP contribution in [0.2, 0.25) is 0 Å². The predicted molar refractivity (Wildman–Crippen MR) is 66.8 cm³/mol. The standard InChI is InChI=1S/C12H26N2O3/c1-10(2)9-13-12(16,11(3,4)14-10)5-7-17-8-6-15/h13-16H,5-9H2,1-4H3. The molecule has 5 heteroatoms. The van der Waals surface area contributed by atoms with Gasteiger partial charge in [0.1, 0.15) is 5.72 Å². The summed E-state index contributed by atoms with van der Waals surface area (Å²) in [5.41, 5.74) is -1.46. The molecule has 0 saturated carbocycles. The molecule has 102 valence electrons. The van der Waals surface area contributed by atoms with Crippen LogP contribution in [0.5, 0.6) is 0 Å². The third-order valence-electron chi connectivity index (χ3n) is 3.35. The van der Waals surface area contributed by atoms with E-state index >= 15 is 0 Å². The Bertz CT molecular complexity index is 256. The van der Waals surface area contributed by atoms with Gasteiger partial charge in [-0.3, -0.25) is 5.32 Å². The van der Waals surface area contributed by atoms with Crippen LogP contribution < -0.4 is 10.6 Å². The number of ether oxygens (including phenoxy) is 1. The Hall–Kier alpha value is -0.200. The highest BCUT2D eigenvalue weighted by atomic mass is 16.5. The highest BCUT2D eigenvalue weighted by molar-refractivity contribution is 5.07. The normalized spacial score (nSPS) is 31.4. The molecular formula is C12H26N2O3. The molecule has 0 aliphatic carbocycles. The number of piperazine rings is 1. The highest BCUT2D eigenvalue weighted by Gasteiger charge is 2.49. The molecule has 1 saturated heterocycles. The first-order valence-corrected chi connectivity index (χ1v) is 6.18. The molecule has 5 nitrogen and oxygen atoms in total. The first-order chi connectivity index (χ1) is 7.72. The molecule has 0 aromatic rings. The third-order valence-corrected chi connectivity index (χ3v) is 3.35. The Morgan fingerprint density at radius 1 is 1.18 bits per heavy atom. The molecular weight excluding hydrogens is 220 g/mol. The fourth-order valence-electron chi connectivity index (χ4n) is 2.37. The fraction of sp³-hybridized carbons (Fsp3) is 1.00. The van der Waals surface area contributed by atoms with Crippen molar-refractivity contribution in [1.82, 2.24) is 10.6 Å². The van der Waals surface area contributed by atoms with Crippen molar-refractivity contribution in [2.24, 2.45) is 0 Å². The lowest BCUT2D eigenvalue weighted by Crippen LogP contribution is -2.77. The lowest BCUT2D eigenvalue weighted by atomic mass is 9.81. The summed E-state index contributed by atoms with van der Waals surface area (Å²) in [6.45, 7) is 9.62. The van der Waals surface area contributed by atoms with Crippen LogP contribution in [-0.2, 0) is 4.74 Å². The van der Waals surface area contributed by atoms with Crippen LogP contribution in [0.25, 0.3) is 0 Å². The molecule has 0 aromatic carbocycles. The van der Waals surface area contributed by atoms with Crippen molar-refractivity contribution in [3.8, 4) is 0 Å². The third kappa shape index (κ3) is 3.63. The largest absolute Gasteiger partial charge is 0.394 e. The van der Waals surface area contributed by atoms with Gasteiger partial charge in [-0.15, -0.1) is 0 Å². The first-order valence-electron chi connectivity index (χ1n) is 6.18. The molecule has 0 spiro atoms. The molecule has 1 heterocycles. The van der Waals surface area contributed by atoms with Crippen LogP contribution in [0.4, 0.5) is 0 Å². The van der Waals surface area contributed by atoms with Gasteiger partial charge in [-0.1, -0.05) is 0 Å². The molecule has 1 aliphatic heterocycles. The zero-order valence-corrected chi connectivity index (χ0v) is 11.3. The second kappa shape index (κ2) is 5.20. The van der Waals surface area contributed by atoms with Crippen LogP contribution in [-0.4, -0.2) is 53.4 Å². The molecule has 0 radical (unpaired) electrons. The smallest absolute Gasteiger partial charge is 0.136 e. The number of aliphatic hydroxyl groups is 2. The molecule has 0 amide bonds. The monoisotopic (exact) mass is 246 g/mol. The number of rotatable bonds is 5. The predicted octanol–water partition coefficient (Wildman–Crippen LogP) is -0.176. The topological polar surface area (TPSA) is 73.8 Å². The summed E-state index contributed by atoms with van der Waals surface area (Å²) in [5, 5.41) is 25.9. The molecule has 1 aliphatic rings. The lowest BCUT2D eigenvalue weighted by molar-refractivity contribution is -0.120. The Morgan fingerprint density at radius 2 is 1.82 bits per heavy atom. The molecule has 1 atom stereocenters. The second-order valence-electron chi connectivity index (χ2n) is 5.93. The van der Waals surface area contributed by atoms with E-state index in [1.807, 2.05) is 13.8 Å². The van der Waals surface area contributed by atoms with Crippen molar-refractivity contribution in [1.29, 1.82) is 0 Å². The van der Waals surface area contributed by atoms with Crippen molar-refractivity contribution < 1.29 is 14.9 Å². The van der Waals surface area contributed by atoms with Gasteiger partial charge in [-0.05, 0) is 27.7 Å². The summed E-state index contributed by atoms with van der Waals surface area (Å²) in [6.07, 6.45) is 0.489. The second-order valence-corrected chi connectivity index (χ2v) is 5.93. The molecule has 0 aromatic heterocycles. The van der Waals surface area contributed by atoms with Crippen molar-refractivity contribution >= 4 is 0 Å². The van der Waals surface area contributed by atoms with Gasteiger partial charge in [-0.2, -0.15) is 0 Å². The lowest BCUT2D eigenvalue weighted by Gasteiger charge is -2.53. The minimum absolute atomic E-state index is 0.0144. The summed E-state index contributed by atoms with van der Waals surface area (Å²) in [6, 6.07) is 0. The van der Waals surface area contributed by atoms with E-state index in [9.17, 15) is 5.11 Å². The SMILES string of the molecule is CC1(C)CNC(O)(CCOCCO)C(C)(C)N1. The Labute approximate surface area is 104 Å². The van der Waals surface area contributed by atoms with Crippen LogP contribution in [0.1, 0.15) is 34.1 Å². The van der Waals surface area contributed by atoms with E-state index in [4.69, 9.17) is 9.84 Å². The molecule has 17 heavy (non-hydrogen) atoms. The molecule has 1 unspecified atom stereocenters. The van der Waals surface area contributed by atoms with Crippen LogP contribution in [0.15, 0.2) is 0 Å². The van der Waals surface area contributed by atoms with E-state index in [1.54, 1.807) is 0 Å². The molecule has 4 N–H and O–H groups in total. The van der Waals surface area contributed by atoms with Crippen molar-refractivity contribution in [2.45, 2.75) is 50.9 Å². The summed E-state index contributed by atoms with van der Waals surface area (Å²) in [5.74, 6) is 0. The number of hydrogen-bond donors (Lipinski definition) is 4. The van der Waals surface area contributed by atoms with E-state index in [0.717, 1.165) is 0 Å². The van der Waals surface area contributed by atoms with E-state index in [-0.39, 0.29) is 12.1 Å². The molecule has 1 rings (SSSR count). The minimum Gasteiger partial charge on any atom is -0.394 e. The maximum Gasteiger partial charge on any atom is 0.136 e. The Kier molecular flexibility index (Phi) is 4.54. The van der Waals surface area contributed by atoms with Gasteiger partial charge in [0, 0.05) is 18.5 Å². The average molecular weight is 246 g/mol. The fourth-order valence-corrected chi connectivity index (χ4v) is 2.37. The highest BCUT2D eigenvalue weighted by Crippen LogP contribution is 2.29. The van der Waals surface area contributed by atoms with Gasteiger partial charge in [0.25, 0.3) is 0 Å². The van der Waals surface area contributed by atoms with Crippen molar-refractivity contribution in [3.05, 3.63) is 0 Å². The number of hydrogen-bond acceptors (Lipinski definition) is 5. The van der Waals surface area contributed by atoms with Crippen LogP contribution in [0.3, 0.4) is 0 Å².